The first kappa shape index (κ1) is 11.2. The van der Waals surface area contributed by atoms with Crippen LogP contribution in [0.4, 0.5) is 5.69 Å². The van der Waals surface area contributed by atoms with Crippen LogP contribution in [0.2, 0.25) is 0 Å². The van der Waals surface area contributed by atoms with Crippen molar-refractivity contribution >= 4 is 15.7 Å². The Labute approximate surface area is 98.0 Å². The molecule has 1 aromatic carbocycles. The van der Waals surface area contributed by atoms with Crippen molar-refractivity contribution in [1.29, 1.82) is 5.26 Å². The number of anilines is 1. The first-order valence-corrected chi connectivity index (χ1v) is 6.13. The van der Waals surface area contributed by atoms with Gasteiger partial charge in [-0.05, 0) is 18.2 Å². The molecule has 1 aromatic heterocycles. The molecule has 1 heterocycles. The van der Waals surface area contributed by atoms with Crippen LogP contribution in [-0.4, -0.2) is 18.6 Å². The van der Waals surface area contributed by atoms with Crippen molar-refractivity contribution in [2.75, 3.05) is 4.72 Å². The van der Waals surface area contributed by atoms with Gasteiger partial charge in [-0.1, -0.05) is 12.1 Å². The first-order valence-electron chi connectivity index (χ1n) is 4.65. The van der Waals surface area contributed by atoms with E-state index in [2.05, 4.69) is 14.9 Å². The van der Waals surface area contributed by atoms with E-state index in [4.69, 9.17) is 5.26 Å². The van der Waals surface area contributed by atoms with Crippen LogP contribution < -0.4 is 4.72 Å². The second kappa shape index (κ2) is 4.27. The third-order valence-electron chi connectivity index (χ3n) is 2.06. The molecule has 0 atom stereocenters. The third kappa shape index (κ3) is 2.26. The van der Waals surface area contributed by atoms with E-state index in [9.17, 15) is 8.42 Å². The standard InChI is InChI=1S/C10H8N4O2S/c11-7-8-3-1-2-4-9(8)14-17(15,16)10-5-6-12-13-10/h1-6,14H,(H,12,13). The molecule has 7 heteroatoms. The fourth-order valence-electron chi connectivity index (χ4n) is 1.26. The molecule has 0 radical (unpaired) electrons. The first-order chi connectivity index (χ1) is 8.13. The van der Waals surface area contributed by atoms with Gasteiger partial charge in [0.25, 0.3) is 10.0 Å². The fourth-order valence-corrected chi connectivity index (χ4v) is 2.25. The van der Waals surface area contributed by atoms with Gasteiger partial charge < -0.3 is 0 Å². The maximum Gasteiger partial charge on any atom is 0.278 e. The van der Waals surface area contributed by atoms with E-state index in [1.165, 1.54) is 24.4 Å². The molecule has 0 saturated carbocycles. The van der Waals surface area contributed by atoms with E-state index in [1.54, 1.807) is 12.1 Å². The molecule has 0 spiro atoms. The van der Waals surface area contributed by atoms with E-state index in [0.29, 0.717) is 0 Å². The van der Waals surface area contributed by atoms with E-state index in [0.717, 1.165) is 0 Å². The third-order valence-corrected chi connectivity index (χ3v) is 3.35. The summed E-state index contributed by atoms with van der Waals surface area (Å²) in [6.07, 6.45) is 1.34. The van der Waals surface area contributed by atoms with E-state index >= 15 is 0 Å². The normalized spacial score (nSPS) is 10.8. The number of H-pyrrole nitrogens is 1. The van der Waals surface area contributed by atoms with Crippen molar-refractivity contribution in [3.63, 3.8) is 0 Å². The van der Waals surface area contributed by atoms with Crippen molar-refractivity contribution < 1.29 is 8.42 Å². The lowest BCUT2D eigenvalue weighted by atomic mass is 10.2. The Hall–Kier alpha value is -2.33. The fraction of sp³-hybridized carbons (Fsp3) is 0. The number of hydrogen-bond acceptors (Lipinski definition) is 4. The Kier molecular flexibility index (Phi) is 2.80. The zero-order chi connectivity index (χ0) is 12.3. The lowest BCUT2D eigenvalue weighted by molar-refractivity contribution is 0.597. The van der Waals surface area contributed by atoms with Crippen LogP contribution in [0, 0.1) is 11.3 Å². The summed E-state index contributed by atoms with van der Waals surface area (Å²) >= 11 is 0. The van der Waals surface area contributed by atoms with Crippen molar-refractivity contribution in [2.45, 2.75) is 5.03 Å². The summed E-state index contributed by atoms with van der Waals surface area (Å²) in [4.78, 5) is 0. The van der Waals surface area contributed by atoms with Gasteiger partial charge in [0.15, 0.2) is 5.03 Å². The molecule has 86 valence electrons. The SMILES string of the molecule is N#Cc1ccccc1NS(=O)(=O)c1ccn[nH]1. The van der Waals surface area contributed by atoms with Crippen molar-refractivity contribution in [1.82, 2.24) is 10.2 Å². The van der Waals surface area contributed by atoms with E-state index < -0.39 is 10.0 Å². The lowest BCUT2D eigenvalue weighted by Gasteiger charge is -2.06. The molecule has 0 saturated heterocycles. The number of nitrogens with zero attached hydrogens (tertiary/aromatic N) is 2. The summed E-state index contributed by atoms with van der Waals surface area (Å²) in [7, 11) is -3.72. The number of nitrogens with one attached hydrogen (secondary N) is 2. The molecule has 17 heavy (non-hydrogen) atoms. The monoisotopic (exact) mass is 248 g/mol. The molecule has 2 aromatic rings. The predicted octanol–water partition coefficient (Wildman–Crippen LogP) is 1.08. The molecule has 0 fully saturated rings. The average Bonchev–Trinajstić information content (AvgIpc) is 2.83. The van der Waals surface area contributed by atoms with Crippen LogP contribution in [0.3, 0.4) is 0 Å². The number of hydrogen-bond donors (Lipinski definition) is 2. The van der Waals surface area contributed by atoms with Crippen LogP contribution >= 0.6 is 0 Å². The van der Waals surface area contributed by atoms with Gasteiger partial charge in [-0.25, -0.2) is 0 Å². The van der Waals surface area contributed by atoms with Gasteiger partial charge in [0, 0.05) is 0 Å². The second-order valence-electron chi connectivity index (χ2n) is 3.18. The highest BCUT2D eigenvalue weighted by molar-refractivity contribution is 7.92. The molecule has 0 aliphatic carbocycles. The highest BCUT2D eigenvalue weighted by Gasteiger charge is 2.16. The molecule has 2 rings (SSSR count). The van der Waals surface area contributed by atoms with Crippen molar-refractivity contribution in [3.8, 4) is 6.07 Å². The maximum absolute atomic E-state index is 11.8. The number of sulfonamides is 1. The van der Waals surface area contributed by atoms with E-state index in [1.807, 2.05) is 6.07 Å². The van der Waals surface area contributed by atoms with Gasteiger partial charge in [-0.2, -0.15) is 18.8 Å². The molecule has 2 N–H and O–H groups in total. The highest BCUT2D eigenvalue weighted by atomic mass is 32.2. The summed E-state index contributed by atoms with van der Waals surface area (Å²) in [6.45, 7) is 0. The van der Waals surface area contributed by atoms with Crippen molar-refractivity contribution in [2.24, 2.45) is 0 Å². The Morgan fingerprint density at radius 3 is 2.71 bits per heavy atom. The smallest absolute Gasteiger partial charge is 0.277 e. The molecule has 6 nitrogen and oxygen atoms in total. The zero-order valence-electron chi connectivity index (χ0n) is 8.58. The largest absolute Gasteiger partial charge is 0.278 e. The number of rotatable bonds is 3. The van der Waals surface area contributed by atoms with Crippen LogP contribution in [-0.2, 0) is 10.0 Å². The quantitative estimate of drug-likeness (QED) is 0.849. The lowest BCUT2D eigenvalue weighted by Crippen LogP contribution is -2.14. The Balaban J connectivity index is 2.37. The second-order valence-corrected chi connectivity index (χ2v) is 4.83. The summed E-state index contributed by atoms with van der Waals surface area (Å²) in [5, 5.41) is 14.7. The summed E-state index contributed by atoms with van der Waals surface area (Å²) in [5.41, 5.74) is 0.500. The van der Waals surface area contributed by atoms with Crippen molar-refractivity contribution in [3.05, 3.63) is 42.1 Å². The van der Waals surface area contributed by atoms with Gasteiger partial charge >= 0.3 is 0 Å². The number of aromatic amines is 1. The van der Waals surface area contributed by atoms with Crippen LogP contribution in [0.1, 0.15) is 5.56 Å². The Morgan fingerprint density at radius 2 is 2.06 bits per heavy atom. The van der Waals surface area contributed by atoms with Gasteiger partial charge in [-0.15, -0.1) is 0 Å². The predicted molar refractivity (Wildman–Crippen MR) is 60.6 cm³/mol. The molecular weight excluding hydrogens is 240 g/mol. The number of para-hydroxylation sites is 1. The van der Waals surface area contributed by atoms with Crippen LogP contribution in [0.15, 0.2) is 41.6 Å². The topological polar surface area (TPSA) is 98.6 Å². The number of aromatic nitrogens is 2. The maximum atomic E-state index is 11.8. The van der Waals surface area contributed by atoms with Crippen LogP contribution in [0.25, 0.3) is 0 Å². The summed E-state index contributed by atoms with van der Waals surface area (Å²) < 4.78 is 26.0. The van der Waals surface area contributed by atoms with Gasteiger partial charge in [0.2, 0.25) is 0 Å². The number of nitriles is 1. The van der Waals surface area contributed by atoms with Gasteiger partial charge in [0.1, 0.15) is 6.07 Å². The molecule has 0 bridgehead atoms. The minimum absolute atomic E-state index is 0.0507. The number of benzene rings is 1. The molecule has 0 amide bonds. The minimum atomic E-state index is -3.72. The molecule has 0 aliphatic heterocycles. The Morgan fingerprint density at radius 1 is 1.29 bits per heavy atom. The molecular formula is C10H8N4O2S. The summed E-state index contributed by atoms with van der Waals surface area (Å²) in [5.74, 6) is 0. The van der Waals surface area contributed by atoms with Gasteiger partial charge in [0.05, 0.1) is 17.4 Å². The molecule has 0 aliphatic rings. The van der Waals surface area contributed by atoms with Crippen LogP contribution in [0.5, 0.6) is 0 Å². The van der Waals surface area contributed by atoms with E-state index in [-0.39, 0.29) is 16.3 Å². The van der Waals surface area contributed by atoms with Gasteiger partial charge in [-0.3, -0.25) is 9.82 Å². The highest BCUT2D eigenvalue weighted by Crippen LogP contribution is 2.17. The average molecular weight is 248 g/mol. The summed E-state index contributed by atoms with van der Waals surface area (Å²) in [6, 6.07) is 9.60. The zero-order valence-corrected chi connectivity index (χ0v) is 9.40. The molecule has 0 unspecified atom stereocenters. The minimum Gasteiger partial charge on any atom is -0.277 e. The Bertz CT molecular complexity index is 656.